The van der Waals surface area contributed by atoms with Gasteiger partial charge in [-0.1, -0.05) is 45.0 Å². The molecule has 0 aliphatic rings. The summed E-state index contributed by atoms with van der Waals surface area (Å²) in [7, 11) is 0. The quantitative estimate of drug-likeness (QED) is 0.708. The first-order valence-corrected chi connectivity index (χ1v) is 5.38. The zero-order chi connectivity index (χ0) is 11.3. The van der Waals surface area contributed by atoms with E-state index in [-0.39, 0.29) is 11.9 Å². The van der Waals surface area contributed by atoms with Gasteiger partial charge in [-0.2, -0.15) is 0 Å². The molecule has 0 spiro atoms. The third-order valence-electron chi connectivity index (χ3n) is 2.28. The topological polar surface area (TPSA) is 26.3 Å². The van der Waals surface area contributed by atoms with Crippen LogP contribution in [0.3, 0.4) is 0 Å². The third kappa shape index (κ3) is 3.74. The third-order valence-corrected chi connectivity index (χ3v) is 2.28. The fourth-order valence-electron chi connectivity index (χ4n) is 1.19. The average Bonchev–Trinajstić information content (AvgIpc) is 2.26. The fourth-order valence-corrected chi connectivity index (χ4v) is 1.19. The van der Waals surface area contributed by atoms with Gasteiger partial charge in [0.05, 0.1) is 5.92 Å². The molecule has 82 valence electrons. The highest BCUT2D eigenvalue weighted by molar-refractivity contribution is 5.71. The van der Waals surface area contributed by atoms with E-state index in [4.69, 9.17) is 4.74 Å². The molecule has 15 heavy (non-hydrogen) atoms. The van der Waals surface area contributed by atoms with Crippen LogP contribution in [0.1, 0.15) is 31.9 Å². The molecule has 0 bridgehead atoms. The molecule has 2 nitrogen and oxygen atoms in total. The highest BCUT2D eigenvalue weighted by Gasteiger charge is 2.07. The summed E-state index contributed by atoms with van der Waals surface area (Å²) < 4.78 is 5.12. The van der Waals surface area contributed by atoms with Crippen LogP contribution in [-0.2, 0) is 22.6 Å². The molecule has 2 heteroatoms. The van der Waals surface area contributed by atoms with E-state index >= 15 is 0 Å². The summed E-state index contributed by atoms with van der Waals surface area (Å²) in [5.41, 5.74) is 2.34. The molecule has 1 aromatic rings. The first-order chi connectivity index (χ1) is 7.13. The minimum absolute atomic E-state index is 0.0556. The number of hydrogen-bond acceptors (Lipinski definition) is 2. The van der Waals surface area contributed by atoms with E-state index in [1.54, 1.807) is 0 Å². The Balaban J connectivity index is 2.47. The predicted molar refractivity (Wildman–Crippen MR) is 60.5 cm³/mol. The second kappa shape index (κ2) is 5.54. The summed E-state index contributed by atoms with van der Waals surface area (Å²) in [5.74, 6) is -0.200. The van der Waals surface area contributed by atoms with Gasteiger partial charge < -0.3 is 4.74 Å². The van der Waals surface area contributed by atoms with Crippen LogP contribution >= 0.6 is 0 Å². The maximum absolute atomic E-state index is 11.2. The Kier molecular flexibility index (Phi) is 4.35. The van der Waals surface area contributed by atoms with Crippen LogP contribution in [0.15, 0.2) is 24.3 Å². The molecule has 0 aromatic heterocycles. The van der Waals surface area contributed by atoms with Crippen LogP contribution in [0.2, 0.25) is 0 Å². The molecule has 0 N–H and O–H groups in total. The molecular weight excluding hydrogens is 188 g/mol. The molecule has 0 atom stereocenters. The number of esters is 1. The average molecular weight is 206 g/mol. The number of hydrogen-bond donors (Lipinski definition) is 0. The van der Waals surface area contributed by atoms with Gasteiger partial charge in [0.1, 0.15) is 6.61 Å². The van der Waals surface area contributed by atoms with Gasteiger partial charge in [-0.25, -0.2) is 0 Å². The minimum Gasteiger partial charge on any atom is -0.461 e. The lowest BCUT2D eigenvalue weighted by molar-refractivity contribution is -0.148. The maximum Gasteiger partial charge on any atom is 0.308 e. The first-order valence-electron chi connectivity index (χ1n) is 5.38. The standard InChI is InChI=1S/C13H18O2/c1-4-11-5-7-12(8-6-11)9-15-13(14)10(2)3/h5-8,10H,4,9H2,1-3H3. The van der Waals surface area contributed by atoms with E-state index in [1.165, 1.54) is 5.56 Å². The van der Waals surface area contributed by atoms with Crippen LogP contribution < -0.4 is 0 Å². The van der Waals surface area contributed by atoms with Gasteiger partial charge in [-0.15, -0.1) is 0 Å². The number of aryl methyl sites for hydroxylation is 1. The Morgan fingerprint density at radius 1 is 1.20 bits per heavy atom. The van der Waals surface area contributed by atoms with Crippen LogP contribution in [0.5, 0.6) is 0 Å². The lowest BCUT2D eigenvalue weighted by atomic mass is 10.1. The molecule has 0 amide bonds. The van der Waals surface area contributed by atoms with Crippen LogP contribution in [0, 0.1) is 5.92 Å². The molecule has 0 radical (unpaired) electrons. The first kappa shape index (κ1) is 11.8. The summed E-state index contributed by atoms with van der Waals surface area (Å²) in [6.07, 6.45) is 1.03. The zero-order valence-electron chi connectivity index (χ0n) is 9.62. The summed E-state index contributed by atoms with van der Waals surface area (Å²) in [5, 5.41) is 0. The van der Waals surface area contributed by atoms with Crippen molar-refractivity contribution in [3.05, 3.63) is 35.4 Å². The summed E-state index contributed by atoms with van der Waals surface area (Å²) in [4.78, 5) is 11.2. The van der Waals surface area contributed by atoms with E-state index < -0.39 is 0 Å². The number of benzene rings is 1. The lowest BCUT2D eigenvalue weighted by Gasteiger charge is -2.07. The van der Waals surface area contributed by atoms with Crippen molar-refractivity contribution in [1.82, 2.24) is 0 Å². The minimum atomic E-state index is -0.144. The lowest BCUT2D eigenvalue weighted by Crippen LogP contribution is -2.11. The number of carbonyl (C=O) groups is 1. The number of rotatable bonds is 4. The Hall–Kier alpha value is -1.31. The van der Waals surface area contributed by atoms with Gasteiger partial charge in [0.2, 0.25) is 0 Å². The van der Waals surface area contributed by atoms with Gasteiger partial charge >= 0.3 is 5.97 Å². The number of carbonyl (C=O) groups excluding carboxylic acids is 1. The molecule has 0 saturated heterocycles. The Bertz CT molecular complexity index is 312. The van der Waals surface area contributed by atoms with E-state index in [9.17, 15) is 4.79 Å². The van der Waals surface area contributed by atoms with Gasteiger partial charge in [0, 0.05) is 0 Å². The van der Waals surface area contributed by atoms with Crippen molar-refractivity contribution in [2.75, 3.05) is 0 Å². The summed E-state index contributed by atoms with van der Waals surface area (Å²) in [6, 6.07) is 8.15. The van der Waals surface area contributed by atoms with Crippen LogP contribution in [-0.4, -0.2) is 5.97 Å². The molecular formula is C13H18O2. The SMILES string of the molecule is CCc1ccc(COC(=O)C(C)C)cc1. The van der Waals surface area contributed by atoms with E-state index in [0.717, 1.165) is 12.0 Å². The van der Waals surface area contributed by atoms with Crippen molar-refractivity contribution in [2.45, 2.75) is 33.8 Å². The second-order valence-electron chi connectivity index (χ2n) is 3.93. The predicted octanol–water partition coefficient (Wildman–Crippen LogP) is 2.95. The fraction of sp³-hybridized carbons (Fsp3) is 0.462. The second-order valence-corrected chi connectivity index (χ2v) is 3.93. The number of ether oxygens (including phenoxy) is 1. The van der Waals surface area contributed by atoms with Gasteiger partial charge in [-0.05, 0) is 17.5 Å². The Morgan fingerprint density at radius 2 is 1.73 bits per heavy atom. The monoisotopic (exact) mass is 206 g/mol. The van der Waals surface area contributed by atoms with Crippen molar-refractivity contribution < 1.29 is 9.53 Å². The van der Waals surface area contributed by atoms with Crippen molar-refractivity contribution in [1.29, 1.82) is 0 Å². The summed E-state index contributed by atoms with van der Waals surface area (Å²) >= 11 is 0. The van der Waals surface area contributed by atoms with Crippen molar-refractivity contribution >= 4 is 5.97 Å². The highest BCUT2D eigenvalue weighted by Crippen LogP contribution is 2.07. The van der Waals surface area contributed by atoms with E-state index in [1.807, 2.05) is 26.0 Å². The zero-order valence-corrected chi connectivity index (χ0v) is 9.62. The Morgan fingerprint density at radius 3 is 2.20 bits per heavy atom. The van der Waals surface area contributed by atoms with Gasteiger partial charge in [-0.3, -0.25) is 4.79 Å². The van der Waals surface area contributed by atoms with Crippen molar-refractivity contribution in [2.24, 2.45) is 5.92 Å². The summed E-state index contributed by atoms with van der Waals surface area (Å²) in [6.45, 7) is 6.17. The molecule has 0 saturated carbocycles. The van der Waals surface area contributed by atoms with Gasteiger partial charge in [0.25, 0.3) is 0 Å². The molecule has 0 aliphatic carbocycles. The molecule has 0 unspecified atom stereocenters. The molecule has 0 fully saturated rings. The van der Waals surface area contributed by atoms with Crippen LogP contribution in [0.4, 0.5) is 0 Å². The normalized spacial score (nSPS) is 10.4. The van der Waals surface area contributed by atoms with E-state index in [0.29, 0.717) is 6.61 Å². The molecule has 0 aliphatic heterocycles. The molecule has 1 rings (SSSR count). The van der Waals surface area contributed by atoms with E-state index in [2.05, 4.69) is 19.1 Å². The van der Waals surface area contributed by atoms with Crippen LogP contribution in [0.25, 0.3) is 0 Å². The molecule has 1 aromatic carbocycles. The maximum atomic E-state index is 11.2. The van der Waals surface area contributed by atoms with Gasteiger partial charge in [0.15, 0.2) is 0 Å². The highest BCUT2D eigenvalue weighted by atomic mass is 16.5. The van der Waals surface area contributed by atoms with Crippen molar-refractivity contribution in [3.63, 3.8) is 0 Å². The Labute approximate surface area is 91.3 Å². The van der Waals surface area contributed by atoms with Crippen molar-refractivity contribution in [3.8, 4) is 0 Å². The smallest absolute Gasteiger partial charge is 0.308 e. The molecule has 0 heterocycles. The largest absolute Gasteiger partial charge is 0.461 e.